The molecule has 0 saturated heterocycles. The van der Waals surface area contributed by atoms with Crippen LogP contribution in [0.5, 0.6) is 0 Å². The Bertz CT molecular complexity index is 863. The van der Waals surface area contributed by atoms with E-state index in [9.17, 15) is 0 Å². The lowest BCUT2D eigenvalue weighted by Gasteiger charge is -2.33. The first-order valence-corrected chi connectivity index (χ1v) is 11.1. The molecule has 0 fully saturated rings. The second kappa shape index (κ2) is 7.29. The van der Waals surface area contributed by atoms with Crippen LogP contribution in [-0.2, 0) is 0 Å². The van der Waals surface area contributed by atoms with E-state index in [1.165, 1.54) is 5.19 Å². The van der Waals surface area contributed by atoms with Gasteiger partial charge < -0.3 is 0 Å². The number of allylic oxidation sites excluding steroid dienone is 2. The molecular formula is C21H22N4Si. The van der Waals surface area contributed by atoms with Crippen molar-refractivity contribution in [1.82, 2.24) is 9.97 Å². The zero-order chi connectivity index (χ0) is 17.8. The van der Waals surface area contributed by atoms with E-state index in [1.807, 2.05) is 25.4 Å². The second-order valence-corrected chi connectivity index (χ2v) is 10.2. The van der Waals surface area contributed by atoms with Crippen LogP contribution >= 0.6 is 0 Å². The molecule has 0 aliphatic carbocycles. The van der Waals surface area contributed by atoms with Crippen molar-refractivity contribution < 1.29 is 0 Å². The maximum Gasteiger partial charge on any atom is 0.243 e. The van der Waals surface area contributed by atoms with Gasteiger partial charge in [0.1, 0.15) is 0 Å². The summed E-state index contributed by atoms with van der Waals surface area (Å²) in [5, 5.41) is 4.51. The molecule has 0 radical (unpaired) electrons. The standard InChI is InChI=1S/C21H22N4Si/c1-17-11-12-18(16-25-17)26(19-8-2-5-13-22-19,20-9-3-6-14-23-20)21-10-4-7-15-24-21/h2-5,8-13,16H,6-7,14-15H2,1H3. The van der Waals surface area contributed by atoms with E-state index < -0.39 is 8.07 Å². The average Bonchev–Trinajstić information content (AvgIpc) is 2.72. The smallest absolute Gasteiger partial charge is 0.243 e. The number of aromatic nitrogens is 2. The van der Waals surface area contributed by atoms with Gasteiger partial charge in [-0.2, -0.15) is 0 Å². The highest BCUT2D eigenvalue weighted by Crippen LogP contribution is 2.17. The summed E-state index contributed by atoms with van der Waals surface area (Å²) in [6.45, 7) is 3.66. The number of dihydropyridines is 2. The third-order valence-corrected chi connectivity index (χ3v) is 9.28. The Labute approximate surface area is 155 Å². The highest BCUT2D eigenvalue weighted by Gasteiger charge is 2.48. The molecule has 0 spiro atoms. The molecule has 4 rings (SSSR count). The molecule has 4 nitrogen and oxygen atoms in total. The van der Waals surface area contributed by atoms with Crippen LogP contribution in [-0.4, -0.2) is 41.8 Å². The lowest BCUT2D eigenvalue weighted by atomic mass is 10.3. The van der Waals surface area contributed by atoms with E-state index >= 15 is 0 Å². The van der Waals surface area contributed by atoms with Crippen LogP contribution in [0.4, 0.5) is 0 Å². The van der Waals surface area contributed by atoms with Crippen molar-refractivity contribution in [1.29, 1.82) is 0 Å². The van der Waals surface area contributed by atoms with Gasteiger partial charge in [0.25, 0.3) is 0 Å². The van der Waals surface area contributed by atoms with Gasteiger partial charge in [-0.25, -0.2) is 0 Å². The monoisotopic (exact) mass is 358 g/mol. The number of aliphatic imine (C=N–C) groups is 2. The summed E-state index contributed by atoms with van der Waals surface area (Å²) in [4.78, 5) is 19.3. The molecule has 2 aliphatic rings. The summed E-state index contributed by atoms with van der Waals surface area (Å²) >= 11 is 0. The fraction of sp³-hybridized carbons (Fsp3) is 0.238. The van der Waals surface area contributed by atoms with Crippen molar-refractivity contribution in [2.45, 2.75) is 19.8 Å². The molecule has 2 aliphatic heterocycles. The summed E-state index contributed by atoms with van der Waals surface area (Å²) in [5.41, 5.74) is 1.01. The molecule has 0 aromatic carbocycles. The van der Waals surface area contributed by atoms with Crippen molar-refractivity contribution in [2.75, 3.05) is 13.1 Å². The predicted molar refractivity (Wildman–Crippen MR) is 110 cm³/mol. The van der Waals surface area contributed by atoms with Crippen molar-refractivity contribution in [3.05, 3.63) is 72.7 Å². The molecule has 26 heavy (non-hydrogen) atoms. The molecule has 0 amide bonds. The largest absolute Gasteiger partial charge is 0.293 e. The lowest BCUT2D eigenvalue weighted by molar-refractivity contribution is 0.994. The first-order valence-electron chi connectivity index (χ1n) is 9.09. The molecule has 5 heteroatoms. The Morgan fingerprint density at radius 3 is 2.08 bits per heavy atom. The van der Waals surface area contributed by atoms with E-state index in [2.05, 4.69) is 53.6 Å². The number of hydrogen-bond donors (Lipinski definition) is 0. The minimum absolute atomic E-state index is 0.823. The Hall–Kier alpha value is -2.66. The summed E-state index contributed by atoms with van der Waals surface area (Å²) in [6.07, 6.45) is 14.7. The van der Waals surface area contributed by atoms with Crippen LogP contribution in [0.2, 0.25) is 0 Å². The number of rotatable bonds is 4. The molecule has 2 aromatic heterocycles. The Kier molecular flexibility index (Phi) is 4.71. The van der Waals surface area contributed by atoms with Crippen LogP contribution in [0.15, 0.2) is 77.0 Å². The number of pyridine rings is 2. The van der Waals surface area contributed by atoms with Crippen molar-refractivity contribution in [2.24, 2.45) is 9.98 Å². The first-order chi connectivity index (χ1) is 12.8. The van der Waals surface area contributed by atoms with E-state index in [0.717, 1.165) is 47.6 Å². The van der Waals surface area contributed by atoms with E-state index in [4.69, 9.17) is 15.0 Å². The third-order valence-electron chi connectivity index (χ3n) is 4.87. The van der Waals surface area contributed by atoms with Crippen molar-refractivity contribution in [3.8, 4) is 0 Å². The minimum atomic E-state index is -2.62. The molecule has 0 N–H and O–H groups in total. The van der Waals surface area contributed by atoms with Crippen molar-refractivity contribution in [3.63, 3.8) is 0 Å². The summed E-state index contributed by atoms with van der Waals surface area (Å²) in [5.74, 6) is 0. The Morgan fingerprint density at radius 2 is 1.58 bits per heavy atom. The first kappa shape index (κ1) is 16.8. The molecule has 0 saturated carbocycles. The Morgan fingerprint density at radius 1 is 0.846 bits per heavy atom. The SMILES string of the molecule is Cc1ccc([Si](C2=NCCC=C2)(C2=NCCC=C2)c2ccccn2)cn1. The molecule has 0 atom stereocenters. The molecule has 130 valence electrons. The van der Waals surface area contributed by atoms with Gasteiger partial charge in [0.05, 0.1) is 0 Å². The fourth-order valence-corrected chi connectivity index (χ4v) is 7.93. The zero-order valence-corrected chi connectivity index (χ0v) is 16.0. The average molecular weight is 359 g/mol. The van der Waals surface area contributed by atoms with E-state index in [0.29, 0.717) is 0 Å². The molecular weight excluding hydrogens is 336 g/mol. The summed E-state index contributed by atoms with van der Waals surface area (Å²) in [7, 11) is -2.62. The van der Waals surface area contributed by atoms with Gasteiger partial charge in [-0.1, -0.05) is 24.3 Å². The minimum Gasteiger partial charge on any atom is -0.293 e. The highest BCUT2D eigenvalue weighted by molar-refractivity contribution is 7.41. The van der Waals surface area contributed by atoms with Gasteiger partial charge in [-0.15, -0.1) is 0 Å². The van der Waals surface area contributed by atoms with Gasteiger partial charge in [0.15, 0.2) is 0 Å². The molecule has 2 aromatic rings. The number of hydrogen-bond acceptors (Lipinski definition) is 4. The van der Waals surface area contributed by atoms with Crippen LogP contribution < -0.4 is 10.5 Å². The number of nitrogens with zero attached hydrogens (tertiary/aromatic N) is 4. The van der Waals surface area contributed by atoms with Crippen LogP contribution in [0.1, 0.15) is 18.5 Å². The van der Waals surface area contributed by atoms with Crippen LogP contribution in [0.3, 0.4) is 0 Å². The highest BCUT2D eigenvalue weighted by atomic mass is 28.3. The van der Waals surface area contributed by atoms with Crippen LogP contribution in [0, 0.1) is 6.92 Å². The van der Waals surface area contributed by atoms with Gasteiger partial charge in [-0.05, 0) is 55.3 Å². The summed E-state index contributed by atoms with van der Waals surface area (Å²) < 4.78 is 0. The van der Waals surface area contributed by atoms with E-state index in [-0.39, 0.29) is 0 Å². The predicted octanol–water partition coefficient (Wildman–Crippen LogP) is 2.23. The maximum atomic E-state index is 4.96. The number of aryl methyl sites for hydroxylation is 1. The van der Waals surface area contributed by atoms with Gasteiger partial charge in [0.2, 0.25) is 8.07 Å². The van der Waals surface area contributed by atoms with E-state index in [1.54, 1.807) is 0 Å². The maximum absolute atomic E-state index is 4.96. The Balaban J connectivity index is 2.04. The molecule has 0 unspecified atom stereocenters. The van der Waals surface area contributed by atoms with Crippen molar-refractivity contribution >= 4 is 29.2 Å². The van der Waals surface area contributed by atoms with Crippen LogP contribution in [0.25, 0.3) is 0 Å². The van der Waals surface area contributed by atoms with Gasteiger partial charge >= 0.3 is 0 Å². The van der Waals surface area contributed by atoms with Gasteiger partial charge in [0, 0.05) is 47.2 Å². The molecule has 4 heterocycles. The zero-order valence-electron chi connectivity index (χ0n) is 15.0. The fourth-order valence-electron chi connectivity index (χ4n) is 3.61. The lowest BCUT2D eigenvalue weighted by Crippen LogP contribution is -2.71. The normalized spacial score (nSPS) is 17.0. The quantitative estimate of drug-likeness (QED) is 0.787. The third kappa shape index (κ3) is 2.88. The van der Waals surface area contributed by atoms with Gasteiger partial charge in [-0.3, -0.25) is 20.0 Å². The summed E-state index contributed by atoms with van der Waals surface area (Å²) in [6, 6.07) is 10.4. The topological polar surface area (TPSA) is 50.5 Å². The molecule has 0 bridgehead atoms. The second-order valence-electron chi connectivity index (χ2n) is 6.57.